The Hall–Kier alpha value is -1.91. The first-order chi connectivity index (χ1) is 11.2. The molecule has 0 aliphatic heterocycles. The Morgan fingerprint density at radius 2 is 1.70 bits per heavy atom. The van der Waals surface area contributed by atoms with Crippen LogP contribution in [0.25, 0.3) is 0 Å². The van der Waals surface area contributed by atoms with Gasteiger partial charge in [0, 0.05) is 19.7 Å². The molecule has 2 aromatic carbocycles. The molecule has 0 radical (unpaired) electrons. The lowest BCUT2D eigenvalue weighted by molar-refractivity contribution is 0.146. The zero-order valence-corrected chi connectivity index (χ0v) is 13.7. The molecule has 0 aliphatic carbocycles. The fourth-order valence-corrected chi connectivity index (χ4v) is 2.38. The highest BCUT2D eigenvalue weighted by Gasteiger charge is 2.09. The van der Waals surface area contributed by atoms with Crippen LogP contribution >= 0.6 is 0 Å². The Kier molecular flexibility index (Phi) is 7.04. The van der Waals surface area contributed by atoms with Gasteiger partial charge in [0.05, 0.1) is 6.61 Å². The molecule has 2 aromatic rings. The molecule has 0 bridgehead atoms. The average molecular weight is 317 g/mol. The molecule has 0 saturated carbocycles. The van der Waals surface area contributed by atoms with Crippen LogP contribution in [0, 0.1) is 5.82 Å². The van der Waals surface area contributed by atoms with E-state index in [1.165, 1.54) is 17.7 Å². The average Bonchev–Trinajstić information content (AvgIpc) is 2.58. The minimum atomic E-state index is -0.204. The Labute approximate surface area is 137 Å². The van der Waals surface area contributed by atoms with E-state index in [2.05, 4.69) is 24.4 Å². The van der Waals surface area contributed by atoms with E-state index >= 15 is 0 Å². The van der Waals surface area contributed by atoms with Crippen molar-refractivity contribution in [1.82, 2.24) is 5.32 Å². The summed E-state index contributed by atoms with van der Waals surface area (Å²) in [4.78, 5) is 0. The van der Waals surface area contributed by atoms with E-state index in [0.29, 0.717) is 19.8 Å². The van der Waals surface area contributed by atoms with Gasteiger partial charge in [-0.25, -0.2) is 4.39 Å². The van der Waals surface area contributed by atoms with E-state index in [1.54, 1.807) is 7.11 Å². The number of benzene rings is 2. The lowest BCUT2D eigenvalue weighted by atomic mass is 10.0. The Morgan fingerprint density at radius 3 is 2.30 bits per heavy atom. The summed E-state index contributed by atoms with van der Waals surface area (Å²) >= 11 is 0. The Balaban J connectivity index is 1.90. The maximum atomic E-state index is 12.9. The predicted octanol–water partition coefficient (Wildman–Crippen LogP) is 4.09. The summed E-state index contributed by atoms with van der Waals surface area (Å²) in [7, 11) is 1.66. The van der Waals surface area contributed by atoms with Crippen molar-refractivity contribution in [2.24, 2.45) is 0 Å². The third-order valence-corrected chi connectivity index (χ3v) is 3.71. The summed E-state index contributed by atoms with van der Waals surface area (Å²) < 4.78 is 23.5. The van der Waals surface area contributed by atoms with Gasteiger partial charge in [-0.3, -0.25) is 0 Å². The van der Waals surface area contributed by atoms with E-state index in [4.69, 9.17) is 9.47 Å². The first-order valence-electron chi connectivity index (χ1n) is 7.92. The monoisotopic (exact) mass is 317 g/mol. The van der Waals surface area contributed by atoms with Crippen molar-refractivity contribution in [3.05, 3.63) is 65.5 Å². The second kappa shape index (κ2) is 9.28. The number of methoxy groups -OCH3 is 1. The van der Waals surface area contributed by atoms with Gasteiger partial charge in [-0.2, -0.15) is 0 Å². The fraction of sp³-hybridized carbons (Fsp3) is 0.368. The van der Waals surface area contributed by atoms with Crippen molar-refractivity contribution in [1.29, 1.82) is 0 Å². The van der Waals surface area contributed by atoms with Crippen molar-refractivity contribution in [2.45, 2.75) is 25.9 Å². The number of hydrogen-bond donors (Lipinski definition) is 1. The van der Waals surface area contributed by atoms with E-state index < -0.39 is 0 Å². The predicted molar refractivity (Wildman–Crippen MR) is 90.1 cm³/mol. The molecule has 3 nitrogen and oxygen atoms in total. The molecule has 0 heterocycles. The molecule has 1 atom stereocenters. The Bertz CT molecular complexity index is 569. The van der Waals surface area contributed by atoms with Crippen LogP contribution in [0.5, 0.6) is 5.75 Å². The molecule has 23 heavy (non-hydrogen) atoms. The maximum Gasteiger partial charge on any atom is 0.123 e. The number of halogens is 1. The molecule has 0 fully saturated rings. The van der Waals surface area contributed by atoms with Crippen LogP contribution in [0.1, 0.15) is 30.5 Å². The smallest absolute Gasteiger partial charge is 0.123 e. The van der Waals surface area contributed by atoms with Crippen LogP contribution in [0.3, 0.4) is 0 Å². The van der Waals surface area contributed by atoms with Crippen LogP contribution in [0.2, 0.25) is 0 Å². The fourth-order valence-electron chi connectivity index (χ4n) is 2.38. The standard InChI is InChI=1S/C19H24FNO2/c1-3-19(21-14-15-4-8-17(20)9-5-15)16-6-10-18(11-7-16)23-13-12-22-2/h4-11,19,21H,3,12-14H2,1-2H3. The minimum Gasteiger partial charge on any atom is -0.491 e. The molecular weight excluding hydrogens is 293 g/mol. The number of hydrogen-bond acceptors (Lipinski definition) is 3. The largest absolute Gasteiger partial charge is 0.491 e. The summed E-state index contributed by atoms with van der Waals surface area (Å²) in [5.41, 5.74) is 2.29. The second-order valence-corrected chi connectivity index (χ2v) is 5.38. The zero-order chi connectivity index (χ0) is 16.5. The minimum absolute atomic E-state index is 0.204. The summed E-state index contributed by atoms with van der Waals surface area (Å²) in [6.45, 7) is 3.99. The van der Waals surface area contributed by atoms with Gasteiger partial charge in [-0.05, 0) is 41.8 Å². The van der Waals surface area contributed by atoms with E-state index in [1.807, 2.05) is 24.3 Å². The van der Waals surface area contributed by atoms with Crippen LogP contribution in [0.15, 0.2) is 48.5 Å². The number of rotatable bonds is 9. The van der Waals surface area contributed by atoms with Gasteiger partial charge >= 0.3 is 0 Å². The molecule has 0 amide bonds. The molecule has 0 spiro atoms. The van der Waals surface area contributed by atoms with Crippen LogP contribution in [-0.2, 0) is 11.3 Å². The van der Waals surface area contributed by atoms with Gasteiger partial charge in [0.25, 0.3) is 0 Å². The molecule has 0 aromatic heterocycles. The van der Waals surface area contributed by atoms with Gasteiger partial charge in [0.1, 0.15) is 18.2 Å². The molecule has 124 valence electrons. The van der Waals surface area contributed by atoms with E-state index in [0.717, 1.165) is 17.7 Å². The third-order valence-electron chi connectivity index (χ3n) is 3.71. The lowest BCUT2D eigenvalue weighted by Crippen LogP contribution is -2.20. The summed E-state index contributed by atoms with van der Waals surface area (Å²) in [5, 5.41) is 3.51. The van der Waals surface area contributed by atoms with Crippen molar-refractivity contribution < 1.29 is 13.9 Å². The van der Waals surface area contributed by atoms with Gasteiger partial charge in [-0.15, -0.1) is 0 Å². The Morgan fingerprint density at radius 1 is 1.00 bits per heavy atom. The van der Waals surface area contributed by atoms with Crippen molar-refractivity contribution in [3.8, 4) is 5.75 Å². The first-order valence-corrected chi connectivity index (χ1v) is 7.92. The highest BCUT2D eigenvalue weighted by atomic mass is 19.1. The first kappa shape index (κ1) is 17.4. The van der Waals surface area contributed by atoms with Crippen LogP contribution in [0.4, 0.5) is 4.39 Å². The molecule has 0 saturated heterocycles. The molecule has 4 heteroatoms. The lowest BCUT2D eigenvalue weighted by Gasteiger charge is -2.18. The van der Waals surface area contributed by atoms with Gasteiger partial charge < -0.3 is 14.8 Å². The topological polar surface area (TPSA) is 30.5 Å². The maximum absolute atomic E-state index is 12.9. The van der Waals surface area contributed by atoms with Crippen molar-refractivity contribution in [2.75, 3.05) is 20.3 Å². The van der Waals surface area contributed by atoms with Gasteiger partial charge in [-0.1, -0.05) is 31.2 Å². The third kappa shape index (κ3) is 5.66. The van der Waals surface area contributed by atoms with E-state index in [9.17, 15) is 4.39 Å². The molecule has 0 aliphatic rings. The van der Waals surface area contributed by atoms with Crippen LogP contribution in [-0.4, -0.2) is 20.3 Å². The quantitative estimate of drug-likeness (QED) is 0.707. The molecular formula is C19H24FNO2. The number of ether oxygens (including phenoxy) is 2. The second-order valence-electron chi connectivity index (χ2n) is 5.38. The summed E-state index contributed by atoms with van der Waals surface area (Å²) in [6.07, 6.45) is 0.977. The van der Waals surface area contributed by atoms with Gasteiger partial charge in [0.2, 0.25) is 0 Å². The van der Waals surface area contributed by atoms with Crippen LogP contribution < -0.4 is 10.1 Å². The molecule has 2 rings (SSSR count). The zero-order valence-electron chi connectivity index (χ0n) is 13.7. The van der Waals surface area contributed by atoms with Crippen molar-refractivity contribution >= 4 is 0 Å². The highest BCUT2D eigenvalue weighted by molar-refractivity contribution is 5.29. The summed E-state index contributed by atoms with van der Waals surface area (Å²) in [6, 6.07) is 15.0. The van der Waals surface area contributed by atoms with Crippen molar-refractivity contribution in [3.63, 3.8) is 0 Å². The van der Waals surface area contributed by atoms with E-state index in [-0.39, 0.29) is 11.9 Å². The molecule has 1 unspecified atom stereocenters. The molecule has 1 N–H and O–H groups in total. The normalized spacial score (nSPS) is 12.1. The summed E-state index contributed by atoms with van der Waals surface area (Å²) in [5.74, 6) is 0.643. The number of nitrogens with one attached hydrogen (secondary N) is 1. The highest BCUT2D eigenvalue weighted by Crippen LogP contribution is 2.21. The SMILES string of the molecule is CCC(NCc1ccc(F)cc1)c1ccc(OCCOC)cc1. The van der Waals surface area contributed by atoms with Gasteiger partial charge in [0.15, 0.2) is 0 Å².